The average molecular weight is 906 g/mol. The molecule has 1 aliphatic rings. The van der Waals surface area contributed by atoms with E-state index in [2.05, 4.69) is 43.5 Å². The summed E-state index contributed by atoms with van der Waals surface area (Å²) in [5, 5.41) is 25.8. The predicted octanol–water partition coefficient (Wildman–Crippen LogP) is -4.20. The first-order chi connectivity index (χ1) is 26.6. The molecule has 0 saturated carbocycles. The molecule has 2 aromatic heterocycles. The monoisotopic (exact) mass is 905 g/mol. The van der Waals surface area contributed by atoms with E-state index in [1.807, 2.05) is 21.1 Å². The molecule has 58 heavy (non-hydrogen) atoms. The number of phosphoric acid groups is 3. The van der Waals surface area contributed by atoms with Crippen LogP contribution in [-0.4, -0.2) is 141 Å². The van der Waals surface area contributed by atoms with Crippen molar-refractivity contribution in [3.05, 3.63) is 12.7 Å². The number of aliphatic hydroxyl groups excluding tert-OH is 2. The van der Waals surface area contributed by atoms with E-state index in [-0.39, 0.29) is 66.1 Å². The minimum Gasteiger partial charge on any atom is -0.790 e. The van der Waals surface area contributed by atoms with Gasteiger partial charge in [0.2, 0.25) is 11.8 Å². The number of nitrogens with two attached hydrogens (primary N) is 1. The lowest BCUT2D eigenvalue weighted by Crippen LogP contribution is -2.46. The van der Waals surface area contributed by atoms with E-state index in [1.165, 1.54) is 13.8 Å². The van der Waals surface area contributed by atoms with Crippen molar-refractivity contribution in [2.75, 3.05) is 65.5 Å². The maximum absolute atomic E-state index is 12.5. The predicted molar refractivity (Wildman–Crippen MR) is 191 cm³/mol. The molecule has 2 amide bonds. The van der Waals surface area contributed by atoms with Gasteiger partial charge in [0.15, 0.2) is 28.6 Å². The number of imidazole rings is 1. The first kappa shape index (κ1) is 49.6. The second kappa shape index (κ2) is 20.2. The minimum absolute atomic E-state index is 0.0281. The third-order valence-corrected chi connectivity index (χ3v) is 11.6. The fourth-order valence-corrected chi connectivity index (χ4v) is 8.50. The fraction of sp³-hybridized carbons (Fsp3) is 0.679. The SMILES string of the molecule is CC(C)(COP(=O)([O-])OP(=O)([O-])OC[C@H]1O[C@@H](n2cnc3c(N)ncnc32)[C@H](O)[C@@H]1OP(=O)([O-])[O-])[C@@H](O)C(=O)NCCC(=O)NCCSC(=O)CC(=O)C[N+](C)(C)C. The van der Waals surface area contributed by atoms with Gasteiger partial charge in [-0.15, -0.1) is 0 Å². The number of nitrogens with one attached hydrogen (secondary N) is 2. The van der Waals surface area contributed by atoms with E-state index in [0.717, 1.165) is 29.0 Å². The number of carbonyl (C=O) groups excluding carboxylic acids is 4. The van der Waals surface area contributed by atoms with Gasteiger partial charge >= 0.3 is 0 Å². The summed E-state index contributed by atoms with van der Waals surface area (Å²) in [5.41, 5.74) is 4.03. The Balaban J connectivity index is 1.46. The Labute approximate surface area is 335 Å². The van der Waals surface area contributed by atoms with E-state index in [1.54, 1.807) is 0 Å². The number of rotatable bonds is 23. The lowest BCUT2D eigenvalue weighted by atomic mass is 9.87. The molecule has 328 valence electrons. The molecule has 0 radical (unpaired) electrons. The highest BCUT2D eigenvalue weighted by atomic mass is 32.2. The molecule has 2 unspecified atom stereocenters. The molecule has 1 fully saturated rings. The first-order valence-electron chi connectivity index (χ1n) is 16.9. The lowest BCUT2D eigenvalue weighted by molar-refractivity contribution is -0.862. The zero-order chi connectivity index (χ0) is 43.9. The number of nitrogen functional groups attached to an aromatic ring is 1. The van der Waals surface area contributed by atoms with Gasteiger partial charge in [0.05, 0.1) is 54.9 Å². The van der Waals surface area contributed by atoms with Gasteiger partial charge < -0.3 is 73.5 Å². The van der Waals surface area contributed by atoms with Gasteiger partial charge in [-0.1, -0.05) is 25.6 Å². The molecule has 7 atom stereocenters. The van der Waals surface area contributed by atoms with Crippen LogP contribution in [0.15, 0.2) is 12.7 Å². The number of Topliss-reactive ketones (excluding diaryl/α,β-unsaturated/α-hetero) is 1. The van der Waals surface area contributed by atoms with Crippen LogP contribution in [0.4, 0.5) is 5.82 Å². The maximum atomic E-state index is 12.5. The van der Waals surface area contributed by atoms with Crippen molar-refractivity contribution >= 4 is 74.9 Å². The number of hydrogen-bond acceptors (Lipinski definition) is 23. The minimum atomic E-state index is -5.93. The zero-order valence-corrected chi connectivity index (χ0v) is 35.2. The number of ether oxygens (including phenoxy) is 1. The number of likely N-dealkylation sites (N-methyl/N-ethyl adjacent to an activating group) is 1. The molecule has 26 nitrogen and oxygen atoms in total. The Bertz CT molecular complexity index is 1940. The third kappa shape index (κ3) is 15.7. The molecule has 0 aliphatic carbocycles. The van der Waals surface area contributed by atoms with E-state index in [9.17, 15) is 62.7 Å². The van der Waals surface area contributed by atoms with Crippen molar-refractivity contribution in [1.29, 1.82) is 0 Å². The molecule has 1 aliphatic heterocycles. The summed E-state index contributed by atoms with van der Waals surface area (Å²) in [5.74, 6) is -1.65. The van der Waals surface area contributed by atoms with E-state index >= 15 is 0 Å². The normalized spacial score (nSPS) is 21.6. The van der Waals surface area contributed by atoms with Gasteiger partial charge in [0.1, 0.15) is 42.8 Å². The number of carbonyl (C=O) groups is 4. The summed E-state index contributed by atoms with van der Waals surface area (Å²) >= 11 is 0.885. The fourth-order valence-electron chi connectivity index (χ4n) is 5.07. The standard InChI is InChI=1S/C28H47N8O18P3S/c1-28(2,23(41)26(42)31-7-6-18(38)30-8-9-58-19(39)10-16(37)11-36(3,4)5)13-51-57(48,49)54-56(46,47)50-12-17-22(53-55(43,44)45)21(40)27(52-17)35-15-34-20-24(29)32-14-33-25(20)35/h14-15,17,21-23,27,40-41H,6-13H2,1-5H3,(H7-,29,30,31,32,33,38,42,43,44,45,46,47,48,49)/p-3/t17-,21-,22-,23+,27-/m1/s1. The quantitative estimate of drug-likeness (QED) is 0.0305. The lowest BCUT2D eigenvalue weighted by Gasteiger charge is -2.36. The number of fused-ring (bicyclic) bond motifs is 1. The Hall–Kier alpha value is -2.81. The number of thioether (sulfide) groups is 1. The first-order valence-corrected chi connectivity index (χ1v) is 22.3. The molecule has 0 spiro atoms. The van der Waals surface area contributed by atoms with Crippen LogP contribution in [0.25, 0.3) is 11.2 Å². The van der Waals surface area contributed by atoms with Gasteiger partial charge in [-0.25, -0.2) is 19.3 Å². The molecule has 6 N–H and O–H groups in total. The molecule has 2 aromatic rings. The number of aromatic nitrogens is 4. The van der Waals surface area contributed by atoms with Crippen LogP contribution in [0, 0.1) is 5.41 Å². The van der Waals surface area contributed by atoms with Crippen molar-refractivity contribution in [2.45, 2.75) is 57.3 Å². The molecule has 30 heteroatoms. The van der Waals surface area contributed by atoms with Crippen LogP contribution in [0.1, 0.15) is 32.9 Å². The number of aliphatic hydroxyl groups is 2. The Morgan fingerprint density at radius 3 is 2.34 bits per heavy atom. The number of phosphoric ester groups is 3. The number of anilines is 1. The van der Waals surface area contributed by atoms with Crippen LogP contribution in [0.3, 0.4) is 0 Å². The number of nitrogens with zero attached hydrogens (tertiary/aromatic N) is 5. The van der Waals surface area contributed by atoms with Crippen molar-refractivity contribution in [2.24, 2.45) is 5.41 Å². The van der Waals surface area contributed by atoms with E-state index < -0.39 is 84.6 Å². The largest absolute Gasteiger partial charge is 0.790 e. The third-order valence-electron chi connectivity index (χ3n) is 7.73. The summed E-state index contributed by atoms with van der Waals surface area (Å²) < 4.78 is 60.9. The van der Waals surface area contributed by atoms with Crippen LogP contribution in [0.5, 0.6) is 0 Å². The second-order valence-corrected chi connectivity index (χ2v) is 19.6. The van der Waals surface area contributed by atoms with Gasteiger partial charge in [0.25, 0.3) is 15.6 Å². The van der Waals surface area contributed by atoms with Gasteiger partial charge in [-0.05, 0) is 0 Å². The molecular weight excluding hydrogens is 861 g/mol. The second-order valence-electron chi connectivity index (χ2n) is 14.4. The van der Waals surface area contributed by atoms with Gasteiger partial charge in [0, 0.05) is 30.7 Å². The highest BCUT2D eigenvalue weighted by molar-refractivity contribution is 8.13. The van der Waals surface area contributed by atoms with Crippen molar-refractivity contribution in [1.82, 2.24) is 30.2 Å². The van der Waals surface area contributed by atoms with Crippen LogP contribution in [-0.2, 0) is 55.5 Å². The van der Waals surface area contributed by atoms with Crippen molar-refractivity contribution in [3.8, 4) is 0 Å². The molecule has 3 heterocycles. The Kier molecular flexibility index (Phi) is 17.2. The van der Waals surface area contributed by atoms with Crippen molar-refractivity contribution in [3.63, 3.8) is 0 Å². The molecule has 0 bridgehead atoms. The Morgan fingerprint density at radius 1 is 1.05 bits per heavy atom. The highest BCUT2D eigenvalue weighted by Gasteiger charge is 2.47. The molecule has 3 rings (SSSR count). The zero-order valence-electron chi connectivity index (χ0n) is 31.7. The van der Waals surface area contributed by atoms with Crippen molar-refractivity contribution < 1.29 is 89.8 Å². The Morgan fingerprint density at radius 2 is 1.71 bits per heavy atom. The number of hydrogen-bond donors (Lipinski definition) is 5. The summed E-state index contributed by atoms with van der Waals surface area (Å²) in [4.78, 5) is 108. The van der Waals surface area contributed by atoms with Gasteiger partial charge in [-0.2, -0.15) is 0 Å². The smallest absolute Gasteiger partial charge is 0.274 e. The topological polar surface area (TPSA) is 392 Å². The average Bonchev–Trinajstić information content (AvgIpc) is 3.63. The number of quaternary nitrogens is 1. The summed E-state index contributed by atoms with van der Waals surface area (Å²) in [6.45, 7) is 0.0851. The molecular formula is C28H44N8O18P3S-3. The molecule has 0 aromatic carbocycles. The van der Waals surface area contributed by atoms with Crippen LogP contribution >= 0.6 is 35.2 Å². The van der Waals surface area contributed by atoms with Crippen LogP contribution < -0.4 is 35.9 Å². The number of ketones is 1. The van der Waals surface area contributed by atoms with Crippen LogP contribution in [0.2, 0.25) is 0 Å². The van der Waals surface area contributed by atoms with Gasteiger partial charge in [-0.3, -0.25) is 32.9 Å². The van der Waals surface area contributed by atoms with E-state index in [4.69, 9.17) is 10.5 Å². The maximum Gasteiger partial charge on any atom is 0.274 e. The molecule has 1 saturated heterocycles. The highest BCUT2D eigenvalue weighted by Crippen LogP contribution is 2.56. The number of amides is 2. The summed E-state index contributed by atoms with van der Waals surface area (Å²) in [6, 6.07) is 0. The van der Waals surface area contributed by atoms with E-state index in [0.29, 0.717) is 4.48 Å². The summed E-state index contributed by atoms with van der Waals surface area (Å²) in [7, 11) is -12.2. The summed E-state index contributed by atoms with van der Waals surface area (Å²) in [6.07, 6.45) is -7.94.